The number of rotatable bonds is 3. The standard InChI is InChI=1S/C15H20ClFN2O/c1-10(18)11-4-3-7-19(9-11)15(20)8-12-13(16)5-2-6-14(12)17/h2,5-6,10-11H,3-4,7-9,18H2,1H3/t10-,11-/m0/s1. The Balaban J connectivity index is 2.05. The summed E-state index contributed by atoms with van der Waals surface area (Å²) in [6.07, 6.45) is 2.00. The molecule has 1 aromatic carbocycles. The van der Waals surface area contributed by atoms with E-state index in [1.807, 2.05) is 6.92 Å². The fraction of sp³-hybridized carbons (Fsp3) is 0.533. The molecule has 2 rings (SSSR count). The Morgan fingerprint density at radius 3 is 3.00 bits per heavy atom. The van der Waals surface area contributed by atoms with Gasteiger partial charge in [-0.05, 0) is 37.8 Å². The van der Waals surface area contributed by atoms with E-state index in [-0.39, 0.29) is 23.9 Å². The molecule has 2 atom stereocenters. The van der Waals surface area contributed by atoms with Crippen molar-refractivity contribution in [1.82, 2.24) is 4.90 Å². The van der Waals surface area contributed by atoms with Crippen molar-refractivity contribution in [2.75, 3.05) is 13.1 Å². The lowest BCUT2D eigenvalue weighted by Gasteiger charge is -2.34. The number of hydrogen-bond acceptors (Lipinski definition) is 2. The highest BCUT2D eigenvalue weighted by Crippen LogP contribution is 2.23. The number of benzene rings is 1. The third kappa shape index (κ3) is 3.49. The van der Waals surface area contributed by atoms with Crippen LogP contribution in [0.5, 0.6) is 0 Å². The minimum atomic E-state index is -0.424. The minimum Gasteiger partial charge on any atom is -0.342 e. The number of piperidine rings is 1. The number of nitrogens with zero attached hydrogens (tertiary/aromatic N) is 1. The average Bonchev–Trinajstić information content (AvgIpc) is 2.43. The molecule has 1 aliphatic heterocycles. The number of likely N-dealkylation sites (tertiary alicyclic amines) is 1. The second kappa shape index (κ2) is 6.55. The van der Waals surface area contributed by atoms with Crippen LogP contribution in [0.1, 0.15) is 25.3 Å². The highest BCUT2D eigenvalue weighted by atomic mass is 35.5. The Hall–Kier alpha value is -1.13. The van der Waals surface area contributed by atoms with Gasteiger partial charge in [0.2, 0.25) is 5.91 Å². The predicted octanol–water partition coefficient (Wildman–Crippen LogP) is 2.61. The predicted molar refractivity (Wildman–Crippen MR) is 78.1 cm³/mol. The zero-order chi connectivity index (χ0) is 14.7. The van der Waals surface area contributed by atoms with Crippen molar-refractivity contribution in [1.29, 1.82) is 0 Å². The fourth-order valence-corrected chi connectivity index (χ4v) is 2.86. The molecule has 1 heterocycles. The van der Waals surface area contributed by atoms with Gasteiger partial charge in [0, 0.05) is 29.7 Å². The van der Waals surface area contributed by atoms with Gasteiger partial charge < -0.3 is 10.6 Å². The second-order valence-electron chi connectivity index (χ2n) is 5.48. The summed E-state index contributed by atoms with van der Waals surface area (Å²) in [7, 11) is 0. The van der Waals surface area contributed by atoms with Gasteiger partial charge in [-0.2, -0.15) is 0 Å². The number of carbonyl (C=O) groups excluding carboxylic acids is 1. The van der Waals surface area contributed by atoms with Gasteiger partial charge in [0.1, 0.15) is 5.82 Å². The first-order valence-electron chi connectivity index (χ1n) is 6.95. The van der Waals surface area contributed by atoms with Gasteiger partial charge in [0.25, 0.3) is 0 Å². The maximum absolute atomic E-state index is 13.7. The van der Waals surface area contributed by atoms with Crippen molar-refractivity contribution in [3.63, 3.8) is 0 Å². The first-order chi connectivity index (χ1) is 9.49. The lowest BCUT2D eigenvalue weighted by molar-refractivity contribution is -0.132. The van der Waals surface area contributed by atoms with Crippen LogP contribution in [0.3, 0.4) is 0 Å². The molecule has 0 spiro atoms. The fourth-order valence-electron chi connectivity index (χ4n) is 2.63. The SMILES string of the molecule is C[C@H](N)[C@H]1CCCN(C(=O)Cc2c(F)cccc2Cl)C1. The molecule has 0 saturated carbocycles. The van der Waals surface area contributed by atoms with Gasteiger partial charge in [0.15, 0.2) is 0 Å². The average molecular weight is 299 g/mol. The summed E-state index contributed by atoms with van der Waals surface area (Å²) in [5.41, 5.74) is 6.19. The number of amides is 1. The van der Waals surface area contributed by atoms with Gasteiger partial charge in [-0.1, -0.05) is 17.7 Å². The van der Waals surface area contributed by atoms with E-state index in [1.54, 1.807) is 17.0 Å². The van der Waals surface area contributed by atoms with Crippen LogP contribution in [0.4, 0.5) is 4.39 Å². The molecule has 0 unspecified atom stereocenters. The topological polar surface area (TPSA) is 46.3 Å². The van der Waals surface area contributed by atoms with Gasteiger partial charge in [-0.3, -0.25) is 4.79 Å². The molecule has 0 aromatic heterocycles. The molecule has 1 aliphatic rings. The highest BCUT2D eigenvalue weighted by molar-refractivity contribution is 6.31. The van der Waals surface area contributed by atoms with Crippen LogP contribution in [0.25, 0.3) is 0 Å². The van der Waals surface area contributed by atoms with Crippen LogP contribution < -0.4 is 5.73 Å². The molecule has 0 aliphatic carbocycles. The lowest BCUT2D eigenvalue weighted by Crippen LogP contribution is -2.45. The summed E-state index contributed by atoms with van der Waals surface area (Å²) in [5, 5.41) is 0.305. The number of carbonyl (C=O) groups is 1. The van der Waals surface area contributed by atoms with E-state index in [9.17, 15) is 9.18 Å². The first-order valence-corrected chi connectivity index (χ1v) is 7.33. The molecule has 2 N–H and O–H groups in total. The maximum atomic E-state index is 13.7. The summed E-state index contributed by atoms with van der Waals surface area (Å²) in [6.45, 7) is 3.34. The van der Waals surface area contributed by atoms with Crippen molar-refractivity contribution in [2.24, 2.45) is 11.7 Å². The Morgan fingerprint density at radius 1 is 1.60 bits per heavy atom. The largest absolute Gasteiger partial charge is 0.342 e. The summed E-state index contributed by atoms with van der Waals surface area (Å²) >= 11 is 5.96. The monoisotopic (exact) mass is 298 g/mol. The van der Waals surface area contributed by atoms with Crippen molar-refractivity contribution in [3.8, 4) is 0 Å². The van der Waals surface area contributed by atoms with Crippen LogP contribution in [0.2, 0.25) is 5.02 Å². The number of halogens is 2. The molecule has 1 amide bonds. The third-order valence-corrected chi connectivity index (χ3v) is 4.30. The molecule has 1 aromatic rings. The summed E-state index contributed by atoms with van der Waals surface area (Å²) in [5.74, 6) is -0.183. The maximum Gasteiger partial charge on any atom is 0.227 e. The van der Waals surface area contributed by atoms with E-state index >= 15 is 0 Å². The van der Waals surface area contributed by atoms with Crippen LogP contribution >= 0.6 is 11.6 Å². The molecule has 0 radical (unpaired) electrons. The van der Waals surface area contributed by atoms with Gasteiger partial charge in [-0.25, -0.2) is 4.39 Å². The molecule has 1 saturated heterocycles. The lowest BCUT2D eigenvalue weighted by atomic mass is 9.92. The quantitative estimate of drug-likeness (QED) is 0.932. The van der Waals surface area contributed by atoms with E-state index in [1.165, 1.54) is 6.07 Å². The minimum absolute atomic E-state index is 0.0111. The van der Waals surface area contributed by atoms with Crippen LogP contribution in [0.15, 0.2) is 18.2 Å². The highest BCUT2D eigenvalue weighted by Gasteiger charge is 2.26. The van der Waals surface area contributed by atoms with Crippen LogP contribution in [-0.4, -0.2) is 29.9 Å². The normalized spacial score (nSPS) is 20.8. The Kier molecular flexibility index (Phi) is 5.00. The summed E-state index contributed by atoms with van der Waals surface area (Å²) < 4.78 is 13.7. The second-order valence-corrected chi connectivity index (χ2v) is 5.89. The van der Waals surface area contributed by atoms with E-state index in [0.29, 0.717) is 24.0 Å². The molecule has 5 heteroatoms. The molecule has 1 fully saturated rings. The van der Waals surface area contributed by atoms with Gasteiger partial charge in [-0.15, -0.1) is 0 Å². The van der Waals surface area contributed by atoms with Crippen LogP contribution in [-0.2, 0) is 11.2 Å². The zero-order valence-corrected chi connectivity index (χ0v) is 12.4. The Morgan fingerprint density at radius 2 is 2.35 bits per heavy atom. The van der Waals surface area contributed by atoms with Crippen molar-refractivity contribution >= 4 is 17.5 Å². The van der Waals surface area contributed by atoms with E-state index in [4.69, 9.17) is 17.3 Å². The molecule has 110 valence electrons. The van der Waals surface area contributed by atoms with Crippen molar-refractivity contribution < 1.29 is 9.18 Å². The summed E-state index contributed by atoms with van der Waals surface area (Å²) in [4.78, 5) is 14.1. The van der Waals surface area contributed by atoms with Crippen molar-refractivity contribution in [3.05, 3.63) is 34.6 Å². The molecule has 3 nitrogen and oxygen atoms in total. The Bertz CT molecular complexity index is 473. The number of nitrogens with two attached hydrogens (primary N) is 1. The van der Waals surface area contributed by atoms with E-state index in [2.05, 4.69) is 0 Å². The summed E-state index contributed by atoms with van der Waals surface area (Å²) in [6, 6.07) is 4.55. The molecular formula is C15H20ClFN2O. The number of hydrogen-bond donors (Lipinski definition) is 1. The Labute approximate surface area is 123 Å². The van der Waals surface area contributed by atoms with Crippen molar-refractivity contribution in [2.45, 2.75) is 32.2 Å². The third-order valence-electron chi connectivity index (χ3n) is 3.94. The van der Waals surface area contributed by atoms with E-state index in [0.717, 1.165) is 12.8 Å². The zero-order valence-electron chi connectivity index (χ0n) is 11.6. The first kappa shape index (κ1) is 15.3. The smallest absolute Gasteiger partial charge is 0.227 e. The molecule has 0 bridgehead atoms. The molecule has 20 heavy (non-hydrogen) atoms. The van der Waals surface area contributed by atoms with Gasteiger partial charge >= 0.3 is 0 Å². The van der Waals surface area contributed by atoms with E-state index < -0.39 is 5.82 Å². The van der Waals surface area contributed by atoms with Gasteiger partial charge in [0.05, 0.1) is 6.42 Å². The molecular weight excluding hydrogens is 279 g/mol. The van der Waals surface area contributed by atoms with Crippen LogP contribution in [0, 0.1) is 11.7 Å².